The number of nitrogens with one attached hydrogen (secondary N) is 2. The molecule has 2 N–H and O–H groups in total. The van der Waals surface area contributed by atoms with Crippen LogP contribution in [0.3, 0.4) is 0 Å². The lowest BCUT2D eigenvalue weighted by atomic mass is 10.2. The highest BCUT2D eigenvalue weighted by Gasteiger charge is 2.23. The largest absolute Gasteiger partial charge is 0.358 e. The number of urea groups is 1. The summed E-state index contributed by atoms with van der Waals surface area (Å²) in [5.41, 5.74) is 0.735. The van der Waals surface area contributed by atoms with Gasteiger partial charge < -0.3 is 15.2 Å². The fraction of sp³-hybridized carbons (Fsp3) is 0.333. The molecule has 0 unspecified atom stereocenters. The quantitative estimate of drug-likeness (QED) is 0.896. The lowest BCUT2D eigenvalue weighted by Crippen LogP contribution is -2.36. The number of carbonyl (C=O) groups excluding carboxylic acids is 1. The van der Waals surface area contributed by atoms with Gasteiger partial charge in [0.2, 0.25) is 0 Å². The molecule has 0 atom stereocenters. The van der Waals surface area contributed by atoms with Crippen LogP contribution in [-0.2, 0) is 6.54 Å². The van der Waals surface area contributed by atoms with E-state index in [9.17, 15) is 4.79 Å². The molecule has 1 fully saturated rings. The van der Waals surface area contributed by atoms with Crippen LogP contribution in [-0.4, -0.2) is 17.2 Å². The molecule has 0 spiro atoms. The number of aromatic nitrogens is 1. The molecule has 5 nitrogen and oxygen atoms in total. The number of hydrogen-bond donors (Lipinski definition) is 2. The van der Waals surface area contributed by atoms with Crippen LogP contribution in [0.25, 0.3) is 10.9 Å². The molecule has 2 amide bonds. The number of nitrogens with zero attached hydrogens (tertiary/aromatic N) is 1. The van der Waals surface area contributed by atoms with Gasteiger partial charge in [0.15, 0.2) is 5.76 Å². The third kappa shape index (κ3) is 2.41. The Morgan fingerprint density at radius 3 is 3.11 bits per heavy atom. The molecule has 94 valence electrons. The molecule has 2 aromatic rings. The first kappa shape index (κ1) is 11.3. The summed E-state index contributed by atoms with van der Waals surface area (Å²) in [5.74, 6) is 0.610. The molecule has 1 aromatic carbocycles. The maximum atomic E-state index is 11.5. The van der Waals surface area contributed by atoms with Crippen LogP contribution in [0.4, 0.5) is 4.79 Å². The molecule has 3 rings (SSSR count). The number of amides is 2. The molecule has 6 heteroatoms. The maximum absolute atomic E-state index is 11.5. The zero-order chi connectivity index (χ0) is 12.5. The minimum absolute atomic E-state index is 0.177. The molecule has 0 saturated heterocycles. The fourth-order valence-corrected chi connectivity index (χ4v) is 1.89. The minimum Gasteiger partial charge on any atom is -0.358 e. The average molecular weight is 266 g/mol. The van der Waals surface area contributed by atoms with Gasteiger partial charge in [-0.3, -0.25) is 0 Å². The normalized spacial score (nSPS) is 14.7. The lowest BCUT2D eigenvalue weighted by molar-refractivity contribution is 0.238. The van der Waals surface area contributed by atoms with E-state index >= 15 is 0 Å². The van der Waals surface area contributed by atoms with Gasteiger partial charge in [-0.25, -0.2) is 4.79 Å². The van der Waals surface area contributed by atoms with Crippen molar-refractivity contribution in [3.05, 3.63) is 29.0 Å². The first-order chi connectivity index (χ1) is 8.72. The van der Waals surface area contributed by atoms with Gasteiger partial charge in [0.1, 0.15) is 5.52 Å². The number of fused-ring (bicyclic) bond motifs is 1. The summed E-state index contributed by atoms with van der Waals surface area (Å²) in [5, 5.41) is 10.9. The van der Waals surface area contributed by atoms with Crippen molar-refractivity contribution in [2.24, 2.45) is 0 Å². The second-order valence-corrected chi connectivity index (χ2v) is 4.80. The first-order valence-corrected chi connectivity index (χ1v) is 6.18. The van der Waals surface area contributed by atoms with E-state index in [1.54, 1.807) is 18.2 Å². The van der Waals surface area contributed by atoms with Gasteiger partial charge in [0, 0.05) is 16.5 Å². The van der Waals surface area contributed by atoms with E-state index < -0.39 is 0 Å². The third-order valence-corrected chi connectivity index (χ3v) is 3.07. The van der Waals surface area contributed by atoms with Gasteiger partial charge in [-0.15, -0.1) is 0 Å². The molecule has 0 aliphatic heterocycles. The number of halogens is 1. The van der Waals surface area contributed by atoms with E-state index in [4.69, 9.17) is 16.1 Å². The molecular formula is C12H12ClN3O2. The molecule has 1 saturated carbocycles. The van der Waals surface area contributed by atoms with Crippen LogP contribution in [0, 0.1) is 0 Å². The van der Waals surface area contributed by atoms with E-state index in [2.05, 4.69) is 15.8 Å². The molecule has 1 aliphatic rings. The molecule has 1 aliphatic carbocycles. The van der Waals surface area contributed by atoms with Crippen molar-refractivity contribution in [3.63, 3.8) is 0 Å². The number of carbonyl (C=O) groups is 1. The average Bonchev–Trinajstić information content (AvgIpc) is 3.06. The van der Waals surface area contributed by atoms with Crippen molar-refractivity contribution in [2.45, 2.75) is 25.4 Å². The van der Waals surface area contributed by atoms with E-state index in [1.165, 1.54) is 0 Å². The minimum atomic E-state index is -0.177. The summed E-state index contributed by atoms with van der Waals surface area (Å²) < 4.78 is 5.19. The van der Waals surface area contributed by atoms with E-state index in [0.29, 0.717) is 23.4 Å². The van der Waals surface area contributed by atoms with Crippen LogP contribution in [0.2, 0.25) is 5.02 Å². The Morgan fingerprint density at radius 2 is 2.33 bits per heavy atom. The van der Waals surface area contributed by atoms with Crippen LogP contribution in [0.15, 0.2) is 22.7 Å². The van der Waals surface area contributed by atoms with Crippen LogP contribution in [0.1, 0.15) is 18.6 Å². The van der Waals surface area contributed by atoms with E-state index in [0.717, 1.165) is 23.7 Å². The second-order valence-electron chi connectivity index (χ2n) is 4.37. The van der Waals surface area contributed by atoms with Gasteiger partial charge in [-0.1, -0.05) is 16.8 Å². The zero-order valence-electron chi connectivity index (χ0n) is 9.57. The number of rotatable bonds is 3. The molecule has 0 radical (unpaired) electrons. The summed E-state index contributed by atoms with van der Waals surface area (Å²) in [4.78, 5) is 11.5. The smallest absolute Gasteiger partial charge is 0.315 e. The second kappa shape index (κ2) is 4.49. The van der Waals surface area contributed by atoms with Gasteiger partial charge in [-0.2, -0.15) is 0 Å². The summed E-state index contributed by atoms with van der Waals surface area (Å²) in [6.07, 6.45) is 2.13. The van der Waals surface area contributed by atoms with Gasteiger partial charge in [0.05, 0.1) is 6.54 Å². The summed E-state index contributed by atoms with van der Waals surface area (Å²) in [6.45, 7) is 0.301. The SMILES string of the molecule is O=C(NCc1onc2ccc(Cl)cc12)NC1CC1. The highest BCUT2D eigenvalue weighted by Crippen LogP contribution is 2.22. The predicted octanol–water partition coefficient (Wildman–Crippen LogP) is 2.44. The van der Waals surface area contributed by atoms with Gasteiger partial charge >= 0.3 is 6.03 Å². The monoisotopic (exact) mass is 265 g/mol. The first-order valence-electron chi connectivity index (χ1n) is 5.80. The molecular weight excluding hydrogens is 254 g/mol. The van der Waals surface area contributed by atoms with Crippen molar-refractivity contribution in [2.75, 3.05) is 0 Å². The van der Waals surface area contributed by atoms with E-state index in [-0.39, 0.29) is 6.03 Å². The fourth-order valence-electron chi connectivity index (χ4n) is 1.72. The highest BCUT2D eigenvalue weighted by molar-refractivity contribution is 6.31. The summed E-state index contributed by atoms with van der Waals surface area (Å²) in [7, 11) is 0. The van der Waals surface area contributed by atoms with Crippen molar-refractivity contribution in [1.82, 2.24) is 15.8 Å². The standard InChI is InChI=1S/C12H12ClN3O2/c13-7-1-4-10-9(5-7)11(18-16-10)6-14-12(17)15-8-2-3-8/h1,4-5,8H,2-3,6H2,(H2,14,15,17). The zero-order valence-corrected chi connectivity index (χ0v) is 10.3. The van der Waals surface area contributed by atoms with Gasteiger partial charge in [-0.05, 0) is 31.0 Å². The Bertz CT molecular complexity index is 592. The molecule has 1 aromatic heterocycles. The van der Waals surface area contributed by atoms with Crippen LogP contribution >= 0.6 is 11.6 Å². The maximum Gasteiger partial charge on any atom is 0.315 e. The Balaban J connectivity index is 1.69. The van der Waals surface area contributed by atoms with Gasteiger partial charge in [0.25, 0.3) is 0 Å². The van der Waals surface area contributed by atoms with E-state index in [1.807, 2.05) is 0 Å². The third-order valence-electron chi connectivity index (χ3n) is 2.84. The lowest BCUT2D eigenvalue weighted by Gasteiger charge is -2.04. The van der Waals surface area contributed by atoms with Crippen molar-refractivity contribution in [1.29, 1.82) is 0 Å². The van der Waals surface area contributed by atoms with Crippen molar-refractivity contribution in [3.8, 4) is 0 Å². The Labute approximate surface area is 108 Å². The predicted molar refractivity (Wildman–Crippen MR) is 67.4 cm³/mol. The van der Waals surface area contributed by atoms with Crippen molar-refractivity contribution < 1.29 is 9.32 Å². The summed E-state index contributed by atoms with van der Waals surface area (Å²) in [6, 6.07) is 5.48. The number of hydrogen-bond acceptors (Lipinski definition) is 3. The Hall–Kier alpha value is -1.75. The Kier molecular flexibility index (Phi) is 2.83. The van der Waals surface area contributed by atoms with Crippen LogP contribution in [0.5, 0.6) is 0 Å². The topological polar surface area (TPSA) is 67.2 Å². The highest BCUT2D eigenvalue weighted by atomic mass is 35.5. The molecule has 1 heterocycles. The van der Waals surface area contributed by atoms with Crippen molar-refractivity contribution >= 4 is 28.5 Å². The molecule has 0 bridgehead atoms. The van der Waals surface area contributed by atoms with Crippen LogP contribution < -0.4 is 10.6 Å². The Morgan fingerprint density at radius 1 is 1.50 bits per heavy atom. The molecule has 18 heavy (non-hydrogen) atoms. The summed E-state index contributed by atoms with van der Waals surface area (Å²) >= 11 is 5.92. The number of benzene rings is 1.